The quantitative estimate of drug-likeness (QED) is 0.432. The van der Waals surface area contributed by atoms with Gasteiger partial charge in [0, 0.05) is 11.6 Å². The number of rotatable bonds is 10. The van der Waals surface area contributed by atoms with Gasteiger partial charge in [-0.3, -0.25) is 4.79 Å². The van der Waals surface area contributed by atoms with Crippen LogP contribution in [0.25, 0.3) is 0 Å². The zero-order valence-electron chi connectivity index (χ0n) is 20.8. The summed E-state index contributed by atoms with van der Waals surface area (Å²) in [4.78, 5) is 12.5. The van der Waals surface area contributed by atoms with E-state index in [0.717, 1.165) is 60.5 Å². The second-order valence-electron chi connectivity index (χ2n) is 11.0. The van der Waals surface area contributed by atoms with E-state index in [1.807, 2.05) is 12.1 Å². The zero-order chi connectivity index (χ0) is 23.4. The predicted molar refractivity (Wildman–Crippen MR) is 136 cm³/mol. The minimum absolute atomic E-state index is 0.0386. The Kier molecular flexibility index (Phi) is 7.90. The molecule has 178 valence electrons. The second kappa shape index (κ2) is 10.9. The molecule has 1 amide bonds. The van der Waals surface area contributed by atoms with E-state index < -0.39 is 0 Å². The molecule has 0 aromatic heterocycles. The molecule has 2 aromatic carbocycles. The third kappa shape index (κ3) is 6.26. The Hall–Kier alpha value is -2.13. The molecular weight excluding hydrogens is 406 g/mol. The number of amides is 1. The minimum atomic E-state index is 0.0386. The smallest absolute Gasteiger partial charge is 0.228 e. The first-order valence-electron chi connectivity index (χ1n) is 12.9. The largest absolute Gasteiger partial charge is 0.381 e. The van der Waals surface area contributed by atoms with Crippen LogP contribution in [0.2, 0.25) is 0 Å². The molecule has 1 heterocycles. The maximum absolute atomic E-state index is 12.5. The van der Waals surface area contributed by atoms with Crippen LogP contribution in [0.15, 0.2) is 48.5 Å². The number of benzene rings is 2. The highest BCUT2D eigenvalue weighted by Crippen LogP contribution is 2.45. The van der Waals surface area contributed by atoms with Gasteiger partial charge in [-0.1, -0.05) is 64.1 Å². The van der Waals surface area contributed by atoms with Crippen molar-refractivity contribution in [3.8, 4) is 0 Å². The van der Waals surface area contributed by atoms with Gasteiger partial charge in [0.25, 0.3) is 0 Å². The molecule has 4 rings (SSSR count). The molecule has 0 bridgehead atoms. The lowest BCUT2D eigenvalue weighted by molar-refractivity contribution is -0.115. The van der Waals surface area contributed by atoms with Crippen molar-refractivity contribution in [1.29, 1.82) is 0 Å². The maximum Gasteiger partial charge on any atom is 0.228 e. The molecule has 1 saturated heterocycles. The molecule has 4 unspecified atom stereocenters. The van der Waals surface area contributed by atoms with E-state index in [-0.39, 0.29) is 5.91 Å². The summed E-state index contributed by atoms with van der Waals surface area (Å²) >= 11 is 0. The number of ether oxygens (including phenoxy) is 1. The molecule has 2 aromatic rings. The summed E-state index contributed by atoms with van der Waals surface area (Å²) in [6.07, 6.45) is 5.71. The number of nitrogens with one attached hydrogen (secondary N) is 1. The first kappa shape index (κ1) is 24.0. The molecule has 0 spiro atoms. The molecule has 1 aliphatic carbocycles. The molecular formula is C30H41NO2. The van der Waals surface area contributed by atoms with Gasteiger partial charge in [-0.05, 0) is 84.1 Å². The van der Waals surface area contributed by atoms with Gasteiger partial charge < -0.3 is 10.1 Å². The third-order valence-electron chi connectivity index (χ3n) is 8.16. The van der Waals surface area contributed by atoms with Gasteiger partial charge in [-0.2, -0.15) is 0 Å². The number of hydrogen-bond acceptors (Lipinski definition) is 2. The Morgan fingerprint density at radius 1 is 0.909 bits per heavy atom. The van der Waals surface area contributed by atoms with E-state index in [9.17, 15) is 4.79 Å². The summed E-state index contributed by atoms with van der Waals surface area (Å²) in [7, 11) is 0. The number of carbonyl (C=O) groups is 1. The van der Waals surface area contributed by atoms with Gasteiger partial charge >= 0.3 is 0 Å². The van der Waals surface area contributed by atoms with Gasteiger partial charge in [-0.25, -0.2) is 0 Å². The Labute approximate surface area is 200 Å². The van der Waals surface area contributed by atoms with Gasteiger partial charge in [0.1, 0.15) is 0 Å². The van der Waals surface area contributed by atoms with Crippen LogP contribution in [0.5, 0.6) is 0 Å². The Bertz CT molecular complexity index is 898. The van der Waals surface area contributed by atoms with Crippen LogP contribution in [0.3, 0.4) is 0 Å². The monoisotopic (exact) mass is 447 g/mol. The normalized spacial score (nSPS) is 22.3. The van der Waals surface area contributed by atoms with Gasteiger partial charge in [0.15, 0.2) is 0 Å². The fourth-order valence-corrected chi connectivity index (χ4v) is 5.55. The van der Waals surface area contributed by atoms with E-state index in [1.54, 1.807) is 0 Å². The average Bonchev–Trinajstić information content (AvgIpc) is 2.71. The van der Waals surface area contributed by atoms with E-state index in [2.05, 4.69) is 69.4 Å². The van der Waals surface area contributed by atoms with Crippen molar-refractivity contribution in [3.05, 3.63) is 65.2 Å². The number of carbonyl (C=O) groups excluding carboxylic acids is 1. The van der Waals surface area contributed by atoms with Crippen molar-refractivity contribution in [2.45, 2.75) is 65.7 Å². The number of anilines is 1. The summed E-state index contributed by atoms with van der Waals surface area (Å²) in [6.45, 7) is 11.2. The first-order chi connectivity index (χ1) is 15.9. The fraction of sp³-hybridized carbons (Fsp3) is 0.567. The van der Waals surface area contributed by atoms with Crippen molar-refractivity contribution >= 4 is 11.6 Å². The van der Waals surface area contributed by atoms with E-state index >= 15 is 0 Å². The minimum Gasteiger partial charge on any atom is -0.381 e. The highest BCUT2D eigenvalue weighted by Gasteiger charge is 2.37. The Balaban J connectivity index is 1.23. The lowest BCUT2D eigenvalue weighted by Crippen LogP contribution is -2.38. The van der Waals surface area contributed by atoms with E-state index in [1.165, 1.54) is 30.4 Å². The first-order valence-corrected chi connectivity index (χ1v) is 12.9. The molecule has 2 fully saturated rings. The van der Waals surface area contributed by atoms with Crippen LogP contribution in [0, 0.1) is 29.6 Å². The molecule has 0 radical (unpaired) electrons. The average molecular weight is 448 g/mol. The summed E-state index contributed by atoms with van der Waals surface area (Å²) in [5.74, 6) is 4.61. The van der Waals surface area contributed by atoms with E-state index in [4.69, 9.17) is 4.74 Å². The Morgan fingerprint density at radius 3 is 2.12 bits per heavy atom. The molecule has 2 aliphatic rings. The van der Waals surface area contributed by atoms with Crippen LogP contribution in [-0.2, 0) is 22.4 Å². The van der Waals surface area contributed by atoms with Crippen molar-refractivity contribution in [3.63, 3.8) is 0 Å². The van der Waals surface area contributed by atoms with Crippen LogP contribution in [-0.4, -0.2) is 19.1 Å². The molecule has 1 aliphatic heterocycles. The highest BCUT2D eigenvalue weighted by molar-refractivity contribution is 5.92. The van der Waals surface area contributed by atoms with E-state index in [0.29, 0.717) is 12.3 Å². The zero-order valence-corrected chi connectivity index (χ0v) is 20.8. The molecule has 1 saturated carbocycles. The van der Waals surface area contributed by atoms with Gasteiger partial charge in [0.2, 0.25) is 5.91 Å². The second-order valence-corrected chi connectivity index (χ2v) is 11.0. The molecule has 3 nitrogen and oxygen atoms in total. The van der Waals surface area contributed by atoms with Crippen molar-refractivity contribution in [1.82, 2.24) is 0 Å². The predicted octanol–water partition coefficient (Wildman–Crippen LogP) is 6.87. The summed E-state index contributed by atoms with van der Waals surface area (Å²) in [6, 6.07) is 16.9. The lowest BCUT2D eigenvalue weighted by Gasteiger charge is -2.44. The topological polar surface area (TPSA) is 38.3 Å². The Morgan fingerprint density at radius 2 is 1.58 bits per heavy atom. The number of hydrogen-bond donors (Lipinski definition) is 1. The van der Waals surface area contributed by atoms with Gasteiger partial charge in [-0.15, -0.1) is 0 Å². The fourth-order valence-electron chi connectivity index (χ4n) is 5.55. The van der Waals surface area contributed by atoms with Crippen molar-refractivity contribution < 1.29 is 9.53 Å². The summed E-state index contributed by atoms with van der Waals surface area (Å²) in [5, 5.41) is 3.02. The molecule has 4 atom stereocenters. The van der Waals surface area contributed by atoms with Gasteiger partial charge in [0.05, 0.1) is 19.6 Å². The standard InChI is InChI=1S/C30H41NO2/c1-20(2)25-9-12-28(13-10-25)31-30(32)17-24-7-5-23(6-8-24)15-22(4)29-14-11-26(29)16-21(3)27-18-33-19-27/h5-10,12-13,20-22,26-27,29H,11,14-19H2,1-4H3,(H,31,32). The van der Waals surface area contributed by atoms with Crippen molar-refractivity contribution in [2.75, 3.05) is 18.5 Å². The van der Waals surface area contributed by atoms with Crippen LogP contribution >= 0.6 is 0 Å². The van der Waals surface area contributed by atoms with Crippen LogP contribution < -0.4 is 5.32 Å². The van der Waals surface area contributed by atoms with Crippen molar-refractivity contribution in [2.24, 2.45) is 29.6 Å². The summed E-state index contributed by atoms with van der Waals surface area (Å²) < 4.78 is 5.39. The lowest BCUT2D eigenvalue weighted by atomic mass is 9.62. The summed E-state index contributed by atoms with van der Waals surface area (Å²) in [5.41, 5.74) is 4.61. The van der Waals surface area contributed by atoms with Crippen LogP contribution in [0.1, 0.15) is 69.6 Å². The molecule has 1 N–H and O–H groups in total. The van der Waals surface area contributed by atoms with Crippen LogP contribution in [0.4, 0.5) is 5.69 Å². The molecule has 3 heteroatoms. The SMILES string of the molecule is CC(C)c1ccc(NC(=O)Cc2ccc(CC(C)C3CCC3CC(C)C3COC3)cc2)cc1. The highest BCUT2D eigenvalue weighted by atomic mass is 16.5. The maximum atomic E-state index is 12.5. The molecule has 33 heavy (non-hydrogen) atoms. The third-order valence-corrected chi connectivity index (χ3v) is 8.16.